The third-order valence-corrected chi connectivity index (χ3v) is 9.11. The molecule has 0 spiro atoms. The number of sulfonamides is 1. The van der Waals surface area contributed by atoms with Crippen LogP contribution >= 0.6 is 11.3 Å². The van der Waals surface area contributed by atoms with Gasteiger partial charge in [-0.2, -0.15) is 9.30 Å². The number of hydrogen-bond donors (Lipinski definition) is 0. The van der Waals surface area contributed by atoms with Crippen molar-refractivity contribution in [3.8, 4) is 11.5 Å². The Morgan fingerprint density at radius 2 is 1.83 bits per heavy atom. The smallest absolute Gasteiger partial charge is 0.279 e. The Labute approximate surface area is 209 Å². The van der Waals surface area contributed by atoms with Gasteiger partial charge in [0.1, 0.15) is 0 Å². The second-order valence-corrected chi connectivity index (χ2v) is 11.7. The summed E-state index contributed by atoms with van der Waals surface area (Å²) in [5.41, 5.74) is 1.25. The number of aryl methyl sites for hydroxylation is 1. The van der Waals surface area contributed by atoms with E-state index in [2.05, 4.69) is 18.8 Å². The molecule has 4 rings (SSSR count). The van der Waals surface area contributed by atoms with Gasteiger partial charge >= 0.3 is 0 Å². The normalized spacial score (nSPS) is 17.6. The highest BCUT2D eigenvalue weighted by Crippen LogP contribution is 2.33. The lowest BCUT2D eigenvalue weighted by atomic mass is 10.0. The second-order valence-electron chi connectivity index (χ2n) is 8.76. The summed E-state index contributed by atoms with van der Waals surface area (Å²) in [7, 11) is -0.402. The standard InChI is InChI=1S/C25H31N3O5S2/c1-5-12-28-20-14-21(32-3)22(33-4)15-23(20)34-25(28)26-24(29)18-8-10-19(11-9-18)35(30,31)27-13-6-7-17(2)16-27/h8-11,14-15,17H,5-7,12-13,16H2,1-4H3. The van der Waals surface area contributed by atoms with Gasteiger partial charge in [0.15, 0.2) is 16.3 Å². The first-order chi connectivity index (χ1) is 16.8. The Hall–Kier alpha value is -2.69. The van der Waals surface area contributed by atoms with E-state index in [-0.39, 0.29) is 4.90 Å². The predicted octanol–water partition coefficient (Wildman–Crippen LogP) is 4.29. The minimum absolute atomic E-state index is 0.199. The molecule has 3 aromatic rings. The fourth-order valence-corrected chi connectivity index (χ4v) is 7.02. The van der Waals surface area contributed by atoms with E-state index in [1.165, 1.54) is 39.9 Å². The van der Waals surface area contributed by atoms with Crippen LogP contribution in [0, 0.1) is 5.92 Å². The Morgan fingerprint density at radius 3 is 2.46 bits per heavy atom. The third kappa shape index (κ3) is 5.14. The van der Waals surface area contributed by atoms with Crippen LogP contribution in [-0.2, 0) is 16.6 Å². The molecule has 8 nitrogen and oxygen atoms in total. The zero-order valence-electron chi connectivity index (χ0n) is 20.5. The minimum Gasteiger partial charge on any atom is -0.493 e. The quantitative estimate of drug-likeness (QED) is 0.466. The molecule has 1 amide bonds. The lowest BCUT2D eigenvalue weighted by Crippen LogP contribution is -2.39. The van der Waals surface area contributed by atoms with Gasteiger partial charge in [-0.3, -0.25) is 4.79 Å². The highest BCUT2D eigenvalue weighted by Gasteiger charge is 2.28. The van der Waals surface area contributed by atoms with Gasteiger partial charge in [0.2, 0.25) is 10.0 Å². The Balaban J connectivity index is 1.67. The van der Waals surface area contributed by atoms with Crippen molar-refractivity contribution in [3.63, 3.8) is 0 Å². The van der Waals surface area contributed by atoms with Crippen molar-refractivity contribution in [1.29, 1.82) is 0 Å². The molecular formula is C25H31N3O5S2. The van der Waals surface area contributed by atoms with Crippen LogP contribution in [0.5, 0.6) is 11.5 Å². The molecule has 0 bridgehead atoms. The zero-order chi connectivity index (χ0) is 25.2. The number of nitrogens with zero attached hydrogens (tertiary/aromatic N) is 3. The summed E-state index contributed by atoms with van der Waals surface area (Å²) in [6, 6.07) is 9.85. The van der Waals surface area contributed by atoms with Crippen molar-refractivity contribution >= 4 is 37.5 Å². The van der Waals surface area contributed by atoms with Crippen LogP contribution in [0.3, 0.4) is 0 Å². The van der Waals surface area contributed by atoms with Gasteiger partial charge < -0.3 is 14.0 Å². The molecule has 0 aliphatic carbocycles. The van der Waals surface area contributed by atoms with Crippen molar-refractivity contribution in [2.24, 2.45) is 10.9 Å². The fourth-order valence-electron chi connectivity index (χ4n) is 4.36. The number of amides is 1. The summed E-state index contributed by atoms with van der Waals surface area (Å²) in [5.74, 6) is 1.15. The number of benzene rings is 2. The average Bonchev–Trinajstić information content (AvgIpc) is 3.19. The molecule has 10 heteroatoms. The molecule has 0 N–H and O–H groups in total. The molecule has 2 aromatic carbocycles. The van der Waals surface area contributed by atoms with Crippen molar-refractivity contribution in [1.82, 2.24) is 8.87 Å². The molecule has 1 aromatic heterocycles. The van der Waals surface area contributed by atoms with Gasteiger partial charge in [0.25, 0.3) is 5.91 Å². The van der Waals surface area contributed by atoms with E-state index in [4.69, 9.17) is 9.47 Å². The topological polar surface area (TPSA) is 90.2 Å². The Kier molecular flexibility index (Phi) is 7.63. The van der Waals surface area contributed by atoms with E-state index < -0.39 is 15.9 Å². The largest absolute Gasteiger partial charge is 0.493 e. The number of aromatic nitrogens is 1. The SMILES string of the molecule is CCCn1c(=NC(=O)c2ccc(S(=O)(=O)N3CCCC(C)C3)cc2)sc2cc(OC)c(OC)cc21. The highest BCUT2D eigenvalue weighted by molar-refractivity contribution is 7.89. The van der Waals surface area contributed by atoms with Gasteiger partial charge in [-0.25, -0.2) is 8.42 Å². The second kappa shape index (κ2) is 10.5. The van der Waals surface area contributed by atoms with E-state index in [1.54, 1.807) is 14.2 Å². The van der Waals surface area contributed by atoms with E-state index >= 15 is 0 Å². The number of methoxy groups -OCH3 is 2. The van der Waals surface area contributed by atoms with E-state index in [9.17, 15) is 13.2 Å². The lowest BCUT2D eigenvalue weighted by Gasteiger charge is -2.30. The number of carbonyl (C=O) groups is 1. The maximum absolute atomic E-state index is 13.0. The van der Waals surface area contributed by atoms with Crippen LogP contribution in [-0.4, -0.2) is 50.5 Å². The molecule has 0 radical (unpaired) electrons. The number of hydrogen-bond acceptors (Lipinski definition) is 6. The van der Waals surface area contributed by atoms with E-state index in [0.29, 0.717) is 47.4 Å². The van der Waals surface area contributed by atoms with Crippen molar-refractivity contribution in [2.45, 2.75) is 44.6 Å². The summed E-state index contributed by atoms with van der Waals surface area (Å²) < 4.78 is 41.4. The van der Waals surface area contributed by atoms with Gasteiger partial charge in [0, 0.05) is 37.3 Å². The summed E-state index contributed by atoms with van der Waals surface area (Å²) in [6.45, 7) is 5.87. The average molecular weight is 518 g/mol. The summed E-state index contributed by atoms with van der Waals surface area (Å²) in [6.07, 6.45) is 2.76. The number of thiazole rings is 1. The third-order valence-electron chi connectivity index (χ3n) is 6.19. The molecule has 35 heavy (non-hydrogen) atoms. The summed E-state index contributed by atoms with van der Waals surface area (Å²) >= 11 is 1.40. The predicted molar refractivity (Wildman–Crippen MR) is 137 cm³/mol. The van der Waals surface area contributed by atoms with Crippen molar-refractivity contribution in [2.75, 3.05) is 27.3 Å². The fraction of sp³-hybridized carbons (Fsp3) is 0.440. The van der Waals surface area contributed by atoms with Gasteiger partial charge in [-0.05, 0) is 49.4 Å². The molecule has 1 unspecified atom stereocenters. The van der Waals surface area contributed by atoms with Crippen molar-refractivity contribution < 1.29 is 22.7 Å². The van der Waals surface area contributed by atoms with Crippen LogP contribution in [0.1, 0.15) is 43.5 Å². The van der Waals surface area contributed by atoms with Gasteiger partial charge in [0.05, 0.1) is 29.3 Å². The van der Waals surface area contributed by atoms with Crippen LogP contribution in [0.4, 0.5) is 0 Å². The monoisotopic (exact) mass is 517 g/mol. The van der Waals surface area contributed by atoms with Crippen molar-refractivity contribution in [3.05, 3.63) is 46.8 Å². The molecule has 188 valence electrons. The molecule has 1 aliphatic heterocycles. The Morgan fingerprint density at radius 1 is 1.14 bits per heavy atom. The summed E-state index contributed by atoms with van der Waals surface area (Å²) in [4.78, 5) is 18.2. The number of ether oxygens (including phenoxy) is 2. The molecule has 1 fully saturated rings. The first kappa shape index (κ1) is 25.4. The number of carbonyl (C=O) groups excluding carboxylic acids is 1. The van der Waals surface area contributed by atoms with Gasteiger partial charge in [-0.1, -0.05) is 25.2 Å². The number of piperidine rings is 1. The molecule has 1 saturated heterocycles. The first-order valence-electron chi connectivity index (χ1n) is 11.7. The van der Waals surface area contributed by atoms with Gasteiger partial charge in [-0.15, -0.1) is 0 Å². The molecular weight excluding hydrogens is 486 g/mol. The van der Waals surface area contributed by atoms with E-state index in [0.717, 1.165) is 29.5 Å². The maximum atomic E-state index is 13.0. The highest BCUT2D eigenvalue weighted by atomic mass is 32.2. The molecule has 0 saturated carbocycles. The van der Waals surface area contributed by atoms with Crippen LogP contribution in [0.15, 0.2) is 46.3 Å². The van der Waals surface area contributed by atoms with E-state index in [1.807, 2.05) is 16.7 Å². The van der Waals surface area contributed by atoms with Crippen LogP contribution in [0.2, 0.25) is 0 Å². The number of rotatable bonds is 7. The lowest BCUT2D eigenvalue weighted by molar-refractivity contribution is 0.0997. The maximum Gasteiger partial charge on any atom is 0.279 e. The summed E-state index contributed by atoms with van der Waals surface area (Å²) in [5, 5.41) is 0. The van der Waals surface area contributed by atoms with Crippen LogP contribution < -0.4 is 14.3 Å². The number of fused-ring (bicyclic) bond motifs is 1. The molecule has 1 aliphatic rings. The van der Waals surface area contributed by atoms with Crippen LogP contribution in [0.25, 0.3) is 10.2 Å². The minimum atomic E-state index is -3.58. The molecule has 2 heterocycles. The molecule has 1 atom stereocenters. The zero-order valence-corrected chi connectivity index (χ0v) is 22.1. The first-order valence-corrected chi connectivity index (χ1v) is 14.0. The Bertz CT molecular complexity index is 1390.